The van der Waals surface area contributed by atoms with Crippen molar-refractivity contribution in [1.29, 1.82) is 0 Å². The molecule has 2 unspecified atom stereocenters. The molecule has 1 saturated heterocycles. The van der Waals surface area contributed by atoms with Crippen LogP contribution in [-0.4, -0.2) is 182 Å². The van der Waals surface area contributed by atoms with Crippen LogP contribution in [0.4, 0.5) is 0 Å². The van der Waals surface area contributed by atoms with Crippen LogP contribution < -0.4 is 75.5 Å². The Morgan fingerprint density at radius 2 is 0.798 bits per heavy atom. The number of aliphatic hydroxyl groups excluding tert-OH is 3. The summed E-state index contributed by atoms with van der Waals surface area (Å²) in [6.07, 6.45) is 6.78. The molecule has 0 aromatic rings. The number of nitrogens with two attached hydrogens (primary N) is 1. The van der Waals surface area contributed by atoms with E-state index in [2.05, 4.69) is 128 Å². The van der Waals surface area contributed by atoms with Gasteiger partial charge in [0.2, 0.25) is 0 Å². The number of hydrogen-bond acceptors (Lipinski definition) is 39. The molecular weight excluding hydrogens is 1690 g/mol. The predicted molar refractivity (Wildman–Crippen MR) is 358 cm³/mol. The molecule has 54 heteroatoms. The first-order valence-corrected chi connectivity index (χ1v) is 39.3. The molecular formula is C45H95Br3N8Na2O35S6. The summed E-state index contributed by atoms with van der Waals surface area (Å²) >= 11 is 18.7. The number of hydrogen-bond donors (Lipinski definition) is 4. The second kappa shape index (κ2) is 64.6. The van der Waals surface area contributed by atoms with Gasteiger partial charge in [-0.15, -0.1) is 65.7 Å². The van der Waals surface area contributed by atoms with Gasteiger partial charge >= 0.3 is 59.1 Å². The average molecular weight is 1790 g/mol. The summed E-state index contributed by atoms with van der Waals surface area (Å²) in [5.41, 5.74) is -4.11. The SMILES string of the molecule is CCC(CC)(CBr)CO[N+](=O)[O-].CCC(CC)(CBr)CO[N+](=O)[O-].CCC(CC)(CO[N+](=O)[O-])CS(=O)(=S)O[O-].CCC(CC)(CO[N+](=O)[O-])CS(=O)(=S)O[O-].CCC1(CC)CON(OON)OOOCC(CO[N+](=O)[O-])(CO[N+](=O)[O-])CSSC1.O.O.OCC(CO)(CO)CBr.[Na+].[Na+]. The first-order chi connectivity index (χ1) is 44.4. The predicted octanol–water partition coefficient (Wildman–Crippen LogP) is -2.24. The number of aliphatic hydroxyl groups is 3. The molecule has 1 rings (SSSR count). The van der Waals surface area contributed by atoms with E-state index in [1.807, 2.05) is 41.5 Å². The Kier molecular flexibility index (Phi) is 76.2. The van der Waals surface area contributed by atoms with Gasteiger partial charge in [0.05, 0.1) is 50.0 Å². The Hall–Kier alpha value is -0.600. The normalized spacial score (nSPS) is 15.1. The zero-order valence-electron chi connectivity index (χ0n) is 57.2. The number of alkyl halides is 3. The van der Waals surface area contributed by atoms with Crippen molar-refractivity contribution in [2.24, 2.45) is 43.8 Å². The summed E-state index contributed by atoms with van der Waals surface area (Å²) in [5.74, 6) is 5.12. The minimum absolute atomic E-state index is 0. The van der Waals surface area contributed by atoms with E-state index in [1.54, 1.807) is 27.7 Å². The maximum Gasteiger partial charge on any atom is 1.00 e. The minimum atomic E-state index is -3.37. The van der Waals surface area contributed by atoms with Crippen molar-refractivity contribution in [2.75, 3.05) is 112 Å². The van der Waals surface area contributed by atoms with Gasteiger partial charge < -0.3 is 74.5 Å². The molecule has 0 radical (unpaired) electrons. The van der Waals surface area contributed by atoms with Gasteiger partial charge in [-0.2, -0.15) is 5.90 Å². The molecule has 0 amide bonds. The molecule has 0 saturated carbocycles. The molecule has 584 valence electrons. The van der Waals surface area contributed by atoms with Gasteiger partial charge in [0.1, 0.15) is 62.6 Å². The van der Waals surface area contributed by atoms with Gasteiger partial charge in [0, 0.05) is 82.4 Å². The first-order valence-electron chi connectivity index (χ1n) is 28.3. The summed E-state index contributed by atoms with van der Waals surface area (Å²) in [6.45, 7) is 16.8. The van der Waals surface area contributed by atoms with Crippen LogP contribution in [-0.2, 0) is 107 Å². The topological polar surface area (TPSA) is 621 Å². The van der Waals surface area contributed by atoms with Gasteiger partial charge in [-0.3, -0.25) is 0 Å². The molecule has 1 aliphatic heterocycles. The monoisotopic (exact) mass is 1780 g/mol. The zero-order chi connectivity index (χ0) is 74.7. The van der Waals surface area contributed by atoms with Gasteiger partial charge in [0.15, 0.2) is 0 Å². The van der Waals surface area contributed by atoms with E-state index in [4.69, 9.17) is 30.9 Å². The van der Waals surface area contributed by atoms with Crippen LogP contribution in [0.1, 0.15) is 133 Å². The molecule has 2 atom stereocenters. The van der Waals surface area contributed by atoms with Crippen molar-refractivity contribution in [3.8, 4) is 0 Å². The fourth-order valence-electron chi connectivity index (χ4n) is 6.73. The van der Waals surface area contributed by atoms with Crippen LogP contribution in [0.15, 0.2) is 0 Å². The zero-order valence-corrected chi connectivity index (χ0v) is 70.8. The molecule has 1 aliphatic rings. The van der Waals surface area contributed by atoms with Crippen molar-refractivity contribution >= 4 is 109 Å². The third-order valence-corrected chi connectivity index (χ3v) is 25.1. The number of halogens is 3. The van der Waals surface area contributed by atoms with Crippen LogP contribution in [0.5, 0.6) is 0 Å². The van der Waals surface area contributed by atoms with E-state index in [-0.39, 0.29) is 156 Å². The number of nitrogens with zero attached hydrogens (tertiary/aromatic N) is 7. The van der Waals surface area contributed by atoms with Crippen LogP contribution >= 0.6 is 69.4 Å². The van der Waals surface area contributed by atoms with Crippen LogP contribution in [0.25, 0.3) is 0 Å². The van der Waals surface area contributed by atoms with Crippen LogP contribution in [0.3, 0.4) is 0 Å². The smallest absolute Gasteiger partial charge is 0.709 e. The van der Waals surface area contributed by atoms with E-state index >= 15 is 0 Å². The van der Waals surface area contributed by atoms with E-state index in [0.717, 1.165) is 49.2 Å². The fraction of sp³-hybridized carbons (Fsp3) is 1.00. The van der Waals surface area contributed by atoms with Crippen LogP contribution in [0.2, 0.25) is 0 Å². The van der Waals surface area contributed by atoms with Gasteiger partial charge in [0.25, 0.3) is 30.5 Å². The second-order valence-electron chi connectivity index (χ2n) is 21.0. The summed E-state index contributed by atoms with van der Waals surface area (Å²) in [7, 11) is -3.98. The van der Waals surface area contributed by atoms with Crippen LogP contribution in [0, 0.1) is 98.6 Å². The van der Waals surface area contributed by atoms with Gasteiger partial charge in [-0.05, 0) is 69.2 Å². The molecule has 0 aromatic heterocycles. The van der Waals surface area contributed by atoms with Gasteiger partial charge in [-0.25, -0.2) is 18.1 Å². The summed E-state index contributed by atoms with van der Waals surface area (Å²) in [5, 5.41) is 109. The molecule has 0 aromatic carbocycles. The van der Waals surface area contributed by atoms with Crippen molar-refractivity contribution in [3.05, 3.63) is 60.7 Å². The molecule has 0 aliphatic carbocycles. The largest absolute Gasteiger partial charge is 1.00 e. The molecule has 0 bridgehead atoms. The van der Waals surface area contributed by atoms with Crippen molar-refractivity contribution < 1.29 is 202 Å². The molecule has 1 heterocycles. The Labute approximate surface area is 660 Å². The Bertz CT molecular complexity index is 2170. The quantitative estimate of drug-likeness (QED) is 0.0125. The Balaban J connectivity index is -0.000000146. The van der Waals surface area contributed by atoms with E-state index in [0.29, 0.717) is 42.2 Å². The van der Waals surface area contributed by atoms with Crippen molar-refractivity contribution in [1.82, 2.24) is 5.39 Å². The maximum atomic E-state index is 11.4. The number of rotatable bonds is 42. The molecule has 0 spiro atoms. The van der Waals surface area contributed by atoms with Gasteiger partial charge in [-0.1, -0.05) is 149 Å². The third-order valence-electron chi connectivity index (χ3n) is 15.3. The molecule has 99 heavy (non-hydrogen) atoms. The molecule has 9 N–H and O–H groups in total. The third kappa shape index (κ3) is 54.6. The summed E-state index contributed by atoms with van der Waals surface area (Å²) in [6, 6.07) is 0. The summed E-state index contributed by atoms with van der Waals surface area (Å²) in [4.78, 5) is 111. The summed E-state index contributed by atoms with van der Waals surface area (Å²) < 4.78 is 29.7. The van der Waals surface area contributed by atoms with Crippen molar-refractivity contribution in [3.63, 3.8) is 0 Å². The minimum Gasteiger partial charge on any atom is -0.709 e. The average Bonchev–Trinajstić information content (AvgIpc) is 1.50. The molecule has 43 nitrogen and oxygen atoms in total. The standard InChI is InChI=1S/C12H24N4O12S2.2C7H14BrNO3.2C7H15NO6S2.C5H11BrO3.2Na.2H2O/c1-3-11(4-2)5-23-16(26-25-13)27-28-24-8-12(6-21-14(17)18,7-22-15(19)20)10-30-29-9-11;2*1-3-7(4-2,5-8)6-12-9(10)11;2*1-3-7(4-2,5-13-8(9)10)6-16(12,15)14-11;6-1-5(2-7,3-8)4-9;;;;/h3-10,13H2,1-2H3;2*3-6H2,1-2H3;2*11H,3-6H2,1-2H3;7-9H,1-4H2;;;2*1H2/q;;;;;;2*+1;;/p-2. The molecule has 1 fully saturated rings. The van der Waals surface area contributed by atoms with E-state index in [1.165, 1.54) is 21.6 Å². The van der Waals surface area contributed by atoms with Crippen molar-refractivity contribution in [2.45, 2.75) is 133 Å². The maximum absolute atomic E-state index is 11.4. The van der Waals surface area contributed by atoms with E-state index in [9.17, 15) is 79.6 Å². The second-order valence-corrected chi connectivity index (χ2v) is 31.3. The Morgan fingerprint density at radius 3 is 1.02 bits per heavy atom. The first kappa shape index (κ1) is 117. The fourth-order valence-corrected chi connectivity index (χ4v) is 16.7. The Morgan fingerprint density at radius 1 is 0.515 bits per heavy atom. The van der Waals surface area contributed by atoms with E-state index < -0.39 is 89.5 Å².